The smallest absolute Gasteiger partial charge is 0.350 e. The number of likely N-dealkylation sites (N-methyl/N-ethyl adjacent to an activating group) is 1. The number of hydrogen-bond donors (Lipinski definition) is 3. The largest absolute Gasteiger partial charge is 0.543 e. The van der Waals surface area contributed by atoms with Crippen molar-refractivity contribution in [2.24, 2.45) is 5.16 Å². The highest BCUT2D eigenvalue weighted by Gasteiger charge is 2.53. The van der Waals surface area contributed by atoms with Gasteiger partial charge in [0.25, 0.3) is 11.8 Å². The number of hydrogen-bond acceptors (Lipinski definition) is 13. The number of aliphatic carboxylic acids is 2. The average Bonchev–Trinajstić information content (AvgIpc) is 3.53. The van der Waals surface area contributed by atoms with Crippen LogP contribution in [0.25, 0.3) is 0 Å². The number of anilines is 1. The number of nitrogen functional groups attached to an aromatic ring is 1. The number of aromatic nitrogens is 2. The molecule has 2 atom stereocenters. The van der Waals surface area contributed by atoms with E-state index in [1.54, 1.807) is 17.4 Å². The van der Waals surface area contributed by atoms with Crippen LogP contribution < -0.4 is 16.2 Å². The van der Waals surface area contributed by atoms with Gasteiger partial charge in [-0.3, -0.25) is 14.5 Å². The number of oxime groups is 1. The molecular formula is C26H31N7O7S3. The first-order valence-electron chi connectivity index (χ1n) is 12.9. The third-order valence-electron chi connectivity index (χ3n) is 6.67. The fraction of sp³-hybridized carbons (Fsp3) is 0.423. The number of β-lactam (4-membered cyclic amide) rings is 1. The second-order valence-corrected chi connectivity index (χ2v) is 13.9. The predicted molar refractivity (Wildman–Crippen MR) is 160 cm³/mol. The van der Waals surface area contributed by atoms with Crippen molar-refractivity contribution in [2.45, 2.75) is 44.3 Å². The van der Waals surface area contributed by atoms with Gasteiger partial charge in [0.1, 0.15) is 23.7 Å². The fourth-order valence-corrected chi connectivity index (χ4v) is 7.03. The number of carbonyl (C=O) groups excluding carboxylic acids is 3. The van der Waals surface area contributed by atoms with Crippen molar-refractivity contribution in [1.29, 1.82) is 0 Å². The summed E-state index contributed by atoms with van der Waals surface area (Å²) in [6.07, 6.45) is 3.58. The minimum atomic E-state index is -1.76. The molecule has 4 N–H and O–H groups in total. The van der Waals surface area contributed by atoms with Crippen molar-refractivity contribution in [3.05, 3.63) is 50.6 Å². The molecule has 2 aliphatic rings. The number of carbonyl (C=O) groups is 4. The molecular weight excluding hydrogens is 619 g/mol. The number of rotatable bonds is 12. The summed E-state index contributed by atoms with van der Waals surface area (Å²) >= 11 is 3.91. The second kappa shape index (κ2) is 12.4. The number of carboxylic acids is 2. The van der Waals surface area contributed by atoms with E-state index in [1.165, 1.54) is 35.9 Å². The quantitative estimate of drug-likeness (QED) is 0.124. The van der Waals surface area contributed by atoms with Gasteiger partial charge < -0.3 is 35.4 Å². The van der Waals surface area contributed by atoms with Crippen LogP contribution in [0.2, 0.25) is 0 Å². The minimum Gasteiger partial charge on any atom is -0.543 e. The fourth-order valence-electron chi connectivity index (χ4n) is 4.18. The van der Waals surface area contributed by atoms with E-state index < -0.39 is 40.8 Å². The number of thiazole rings is 2. The van der Waals surface area contributed by atoms with Crippen LogP contribution >= 0.6 is 34.4 Å². The molecule has 1 saturated heterocycles. The Morgan fingerprint density at radius 1 is 1.35 bits per heavy atom. The maximum absolute atomic E-state index is 13.2. The van der Waals surface area contributed by atoms with Gasteiger partial charge in [-0.1, -0.05) is 11.2 Å². The number of nitrogens with one attached hydrogen (secondary N) is 1. The van der Waals surface area contributed by atoms with Gasteiger partial charge in [0.2, 0.25) is 5.60 Å². The lowest BCUT2D eigenvalue weighted by Crippen LogP contribution is -2.71. The number of allylic oxidation sites excluding steroid dienone is 1. The Kier molecular flexibility index (Phi) is 9.29. The summed E-state index contributed by atoms with van der Waals surface area (Å²) in [6.45, 7) is 5.82. The number of amides is 2. The van der Waals surface area contributed by atoms with Crippen molar-refractivity contribution in [1.82, 2.24) is 20.2 Å². The molecule has 0 aromatic carbocycles. The number of nitrogens with two attached hydrogens (primary N) is 1. The molecule has 1 fully saturated rings. The first-order chi connectivity index (χ1) is 20.1. The van der Waals surface area contributed by atoms with Gasteiger partial charge in [0.15, 0.2) is 10.8 Å². The highest BCUT2D eigenvalue weighted by atomic mass is 32.2. The van der Waals surface area contributed by atoms with Gasteiger partial charge in [0, 0.05) is 11.1 Å². The number of carboxylic acid groups (broad SMARTS) is 2. The van der Waals surface area contributed by atoms with Gasteiger partial charge in [0.05, 0.1) is 48.4 Å². The lowest BCUT2D eigenvalue weighted by molar-refractivity contribution is -0.897. The predicted octanol–water partition coefficient (Wildman–Crippen LogP) is 0.311. The van der Waals surface area contributed by atoms with Crippen molar-refractivity contribution >= 4 is 69.0 Å². The van der Waals surface area contributed by atoms with Gasteiger partial charge in [-0.05, 0) is 32.4 Å². The Morgan fingerprint density at radius 3 is 2.65 bits per heavy atom. The maximum Gasteiger partial charge on any atom is 0.350 e. The van der Waals surface area contributed by atoms with Crippen molar-refractivity contribution in [2.75, 3.05) is 32.1 Å². The zero-order valence-corrected chi connectivity index (χ0v) is 26.5. The van der Waals surface area contributed by atoms with Gasteiger partial charge >= 0.3 is 5.97 Å². The lowest BCUT2D eigenvalue weighted by Gasteiger charge is -2.50. The summed E-state index contributed by atoms with van der Waals surface area (Å²) in [7, 11) is 4.11. The first-order valence-corrected chi connectivity index (χ1v) is 15.7. The van der Waals surface area contributed by atoms with Gasteiger partial charge in [-0.15, -0.1) is 34.4 Å². The van der Waals surface area contributed by atoms with Crippen LogP contribution in [0, 0.1) is 6.92 Å². The lowest BCUT2D eigenvalue weighted by atomic mass is 10.0. The van der Waals surface area contributed by atoms with Crippen LogP contribution in [0.5, 0.6) is 0 Å². The Hall–Kier alpha value is -3.80. The molecule has 43 heavy (non-hydrogen) atoms. The number of fused-ring (bicyclic) bond motifs is 1. The van der Waals surface area contributed by atoms with Crippen LogP contribution in [-0.4, -0.2) is 97.3 Å². The summed E-state index contributed by atoms with van der Waals surface area (Å²) in [5.41, 5.74) is 6.55. The molecule has 14 nitrogen and oxygen atoms in total. The molecule has 2 aromatic heterocycles. The third kappa shape index (κ3) is 7.06. The van der Waals surface area contributed by atoms with Gasteiger partial charge in [-0.2, -0.15) is 0 Å². The molecule has 0 aliphatic carbocycles. The summed E-state index contributed by atoms with van der Waals surface area (Å²) in [5, 5.41) is 28.6. The minimum absolute atomic E-state index is 0.0238. The molecule has 230 valence electrons. The topological polar surface area (TPSA) is 200 Å². The SMILES string of the molecule is Cc1ncsc1C[N+](C)(C)C/C=C/C1=C(C(=O)[O-])N2C(=O)[C@@H](NC(=O)/C(=N/OC(C)(C)C(=O)O)c3csc(N)n3)[C@H]2SC1. The zero-order valence-electron chi connectivity index (χ0n) is 24.0. The normalized spacial score (nSPS) is 19.3. The van der Waals surface area contributed by atoms with Crippen LogP contribution in [-0.2, 0) is 30.6 Å². The Labute approximate surface area is 259 Å². The number of aryl methyl sites for hydroxylation is 1. The molecule has 4 rings (SSSR count). The molecule has 0 radical (unpaired) electrons. The first kappa shape index (κ1) is 32.1. The van der Waals surface area contributed by atoms with Crippen molar-refractivity contribution in [3.63, 3.8) is 0 Å². The molecule has 0 unspecified atom stereocenters. The van der Waals surface area contributed by atoms with E-state index in [-0.39, 0.29) is 28.0 Å². The molecule has 17 heteroatoms. The number of nitrogens with zero attached hydrogens (tertiary/aromatic N) is 5. The van der Waals surface area contributed by atoms with Gasteiger partial charge in [-0.25, -0.2) is 14.8 Å². The van der Waals surface area contributed by atoms with Crippen LogP contribution in [0.4, 0.5) is 5.13 Å². The molecule has 2 amide bonds. The highest BCUT2D eigenvalue weighted by Crippen LogP contribution is 2.40. The summed E-state index contributed by atoms with van der Waals surface area (Å²) in [4.78, 5) is 65.7. The average molecular weight is 650 g/mol. The molecule has 0 bridgehead atoms. The van der Waals surface area contributed by atoms with E-state index in [0.29, 0.717) is 16.6 Å². The van der Waals surface area contributed by atoms with E-state index in [0.717, 1.165) is 28.5 Å². The molecule has 2 aromatic rings. The summed E-state index contributed by atoms with van der Waals surface area (Å²) in [5.74, 6) is -4.06. The van der Waals surface area contributed by atoms with Crippen molar-refractivity contribution in [3.8, 4) is 0 Å². The Morgan fingerprint density at radius 2 is 2.07 bits per heavy atom. The summed E-state index contributed by atoms with van der Waals surface area (Å²) in [6, 6.07) is -1.08. The number of thioether (sulfide) groups is 1. The van der Waals surface area contributed by atoms with Crippen LogP contribution in [0.3, 0.4) is 0 Å². The van der Waals surface area contributed by atoms with E-state index in [1.807, 2.05) is 18.5 Å². The standard InChI is InChI=1S/C26H31N7O7S3/c1-13-16(43-12-28-13)9-33(4,5)8-6-7-14-10-41-22-18(21(35)32(22)19(14)23(36)37)30-20(34)17(15-11-42-25(27)29-15)31-40-26(2,3)24(38)39/h6-7,11-12,18,22H,8-10H2,1-5H3,(H4-,27,29,30,34,36,37,38,39)/b7-6+,31-17+/t18-,22-/m1/s1. The molecule has 0 spiro atoms. The van der Waals surface area contributed by atoms with E-state index in [4.69, 9.17) is 10.6 Å². The Balaban J connectivity index is 1.49. The Bertz CT molecular complexity index is 1540. The van der Waals surface area contributed by atoms with Crippen LogP contribution in [0.1, 0.15) is 30.1 Å². The molecule has 4 heterocycles. The van der Waals surface area contributed by atoms with E-state index >= 15 is 0 Å². The monoisotopic (exact) mass is 649 g/mol. The van der Waals surface area contributed by atoms with Crippen LogP contribution in [0.15, 0.2) is 39.5 Å². The second-order valence-electron chi connectivity index (χ2n) is 11.0. The maximum atomic E-state index is 13.2. The number of quaternary nitrogens is 1. The van der Waals surface area contributed by atoms with E-state index in [2.05, 4.69) is 34.5 Å². The molecule has 0 saturated carbocycles. The van der Waals surface area contributed by atoms with Crippen molar-refractivity contribution < 1.29 is 38.7 Å². The van der Waals surface area contributed by atoms with E-state index in [9.17, 15) is 29.4 Å². The molecule has 2 aliphatic heterocycles. The highest BCUT2D eigenvalue weighted by molar-refractivity contribution is 8.00. The zero-order chi connectivity index (χ0) is 31.7. The summed E-state index contributed by atoms with van der Waals surface area (Å²) < 4.78 is 0.613. The third-order valence-corrected chi connectivity index (χ3v) is 9.57.